The molecule has 1 heterocycles. The first-order valence-electron chi connectivity index (χ1n) is 6.15. The highest BCUT2D eigenvalue weighted by Gasteiger charge is 2.10. The maximum absolute atomic E-state index is 5.77. The number of hydrogen-bond acceptors (Lipinski definition) is 4. The third-order valence-electron chi connectivity index (χ3n) is 2.91. The minimum absolute atomic E-state index is 0.398. The van der Waals surface area contributed by atoms with Gasteiger partial charge in [-0.25, -0.2) is 4.98 Å². The molecule has 0 atom stereocenters. The molecule has 0 spiro atoms. The zero-order valence-corrected chi connectivity index (χ0v) is 12.9. The fourth-order valence-electron chi connectivity index (χ4n) is 1.90. The normalized spacial score (nSPS) is 10.5. The van der Waals surface area contributed by atoms with Gasteiger partial charge in [-0.2, -0.15) is 0 Å². The number of aryl methyl sites for hydroxylation is 3. The van der Waals surface area contributed by atoms with E-state index in [-0.39, 0.29) is 0 Å². The molecule has 0 radical (unpaired) electrons. The van der Waals surface area contributed by atoms with E-state index in [1.165, 1.54) is 4.88 Å². The molecule has 19 heavy (non-hydrogen) atoms. The lowest BCUT2D eigenvalue weighted by molar-refractivity contribution is 1.05. The summed E-state index contributed by atoms with van der Waals surface area (Å²) in [6.45, 7) is 6.22. The van der Waals surface area contributed by atoms with Crippen molar-refractivity contribution >= 4 is 39.4 Å². The van der Waals surface area contributed by atoms with E-state index in [0.29, 0.717) is 4.99 Å². The van der Waals surface area contributed by atoms with Gasteiger partial charge in [-0.1, -0.05) is 30.8 Å². The van der Waals surface area contributed by atoms with Crippen LogP contribution in [0.25, 0.3) is 0 Å². The molecule has 0 bridgehead atoms. The molecule has 3 nitrogen and oxygen atoms in total. The number of anilines is 2. The van der Waals surface area contributed by atoms with Crippen LogP contribution in [0, 0.1) is 13.8 Å². The van der Waals surface area contributed by atoms with Crippen LogP contribution in [0.4, 0.5) is 10.8 Å². The van der Waals surface area contributed by atoms with Crippen LogP contribution in [-0.2, 0) is 6.42 Å². The predicted octanol–water partition coefficient (Wildman–Crippen LogP) is 3.70. The fourth-order valence-corrected chi connectivity index (χ4v) is 2.98. The van der Waals surface area contributed by atoms with Crippen LogP contribution in [0.1, 0.15) is 28.6 Å². The Kier molecular flexibility index (Phi) is 4.17. The Labute approximate surface area is 122 Å². The SMILES string of the molecule is CCc1nc(Nc2ccc(C)cc2C(N)=S)sc1C. The lowest BCUT2D eigenvalue weighted by Gasteiger charge is -2.09. The molecule has 0 unspecified atom stereocenters. The minimum atomic E-state index is 0.398. The maximum Gasteiger partial charge on any atom is 0.187 e. The Morgan fingerprint density at radius 2 is 2.16 bits per heavy atom. The predicted molar refractivity (Wildman–Crippen MR) is 86.6 cm³/mol. The molecule has 0 aliphatic rings. The Bertz CT molecular complexity index is 617. The number of thiazole rings is 1. The molecule has 2 aromatic rings. The van der Waals surface area contributed by atoms with Gasteiger partial charge in [-0.05, 0) is 32.4 Å². The Morgan fingerprint density at radius 3 is 2.74 bits per heavy atom. The van der Waals surface area contributed by atoms with Crippen LogP contribution in [0.3, 0.4) is 0 Å². The van der Waals surface area contributed by atoms with Crippen molar-refractivity contribution in [3.8, 4) is 0 Å². The molecule has 0 saturated heterocycles. The Hall–Kier alpha value is -1.46. The summed E-state index contributed by atoms with van der Waals surface area (Å²) in [4.78, 5) is 6.21. The van der Waals surface area contributed by atoms with Gasteiger partial charge in [-0.3, -0.25) is 0 Å². The zero-order valence-electron chi connectivity index (χ0n) is 11.3. The molecule has 100 valence electrons. The van der Waals surface area contributed by atoms with Crippen molar-refractivity contribution in [3.63, 3.8) is 0 Å². The number of aromatic nitrogens is 1. The summed E-state index contributed by atoms with van der Waals surface area (Å²) in [5, 5.41) is 4.20. The Morgan fingerprint density at radius 1 is 1.42 bits per heavy atom. The molecular weight excluding hydrogens is 274 g/mol. The van der Waals surface area contributed by atoms with Crippen LogP contribution in [0.5, 0.6) is 0 Å². The number of benzene rings is 1. The summed E-state index contributed by atoms with van der Waals surface area (Å²) < 4.78 is 0. The van der Waals surface area contributed by atoms with Crippen LogP contribution >= 0.6 is 23.6 Å². The fraction of sp³-hybridized carbons (Fsp3) is 0.286. The van der Waals surface area contributed by atoms with Gasteiger partial charge in [0.25, 0.3) is 0 Å². The average molecular weight is 291 g/mol. The highest BCUT2D eigenvalue weighted by molar-refractivity contribution is 7.80. The van der Waals surface area contributed by atoms with Gasteiger partial charge in [0.05, 0.1) is 11.4 Å². The average Bonchev–Trinajstić information content (AvgIpc) is 2.71. The lowest BCUT2D eigenvalue weighted by Crippen LogP contribution is -2.12. The topological polar surface area (TPSA) is 50.9 Å². The van der Waals surface area contributed by atoms with E-state index in [1.807, 2.05) is 25.1 Å². The van der Waals surface area contributed by atoms with Gasteiger partial charge in [0.1, 0.15) is 4.99 Å². The number of nitrogens with one attached hydrogen (secondary N) is 1. The molecule has 0 amide bonds. The second-order valence-corrected chi connectivity index (χ2v) is 6.06. The first-order chi connectivity index (χ1) is 9.01. The third kappa shape index (κ3) is 3.11. The van der Waals surface area contributed by atoms with Gasteiger partial charge in [0, 0.05) is 10.4 Å². The molecule has 0 aliphatic carbocycles. The largest absolute Gasteiger partial charge is 0.389 e. The van der Waals surface area contributed by atoms with Gasteiger partial charge < -0.3 is 11.1 Å². The van der Waals surface area contributed by atoms with E-state index >= 15 is 0 Å². The van der Waals surface area contributed by atoms with E-state index in [2.05, 4.69) is 24.1 Å². The molecule has 5 heteroatoms. The first-order valence-corrected chi connectivity index (χ1v) is 7.37. The molecule has 1 aromatic carbocycles. The van der Waals surface area contributed by atoms with Crippen molar-refractivity contribution in [2.45, 2.75) is 27.2 Å². The molecule has 0 saturated carbocycles. The molecule has 2 rings (SSSR count). The number of nitrogens with zero attached hydrogens (tertiary/aromatic N) is 1. The number of thiocarbonyl (C=S) groups is 1. The molecule has 1 aromatic heterocycles. The molecular formula is C14H17N3S2. The molecule has 0 fully saturated rings. The van der Waals surface area contributed by atoms with Crippen LogP contribution < -0.4 is 11.1 Å². The van der Waals surface area contributed by atoms with E-state index in [4.69, 9.17) is 18.0 Å². The summed E-state index contributed by atoms with van der Waals surface area (Å²) in [6, 6.07) is 6.02. The van der Waals surface area contributed by atoms with Crippen molar-refractivity contribution in [1.29, 1.82) is 0 Å². The van der Waals surface area contributed by atoms with Crippen LogP contribution in [-0.4, -0.2) is 9.97 Å². The molecule has 3 N–H and O–H groups in total. The van der Waals surface area contributed by atoms with Crippen molar-refractivity contribution in [2.75, 3.05) is 5.32 Å². The summed E-state index contributed by atoms with van der Waals surface area (Å²) in [5.74, 6) is 0. The second-order valence-electron chi connectivity index (χ2n) is 4.41. The standard InChI is InChI=1S/C14H17N3S2/c1-4-11-9(3)19-14(16-11)17-12-6-5-8(2)7-10(12)13(15)18/h5-7H,4H2,1-3H3,(H2,15,18)(H,16,17). The number of rotatable bonds is 4. The summed E-state index contributed by atoms with van der Waals surface area (Å²) in [6.07, 6.45) is 0.945. The van der Waals surface area contributed by atoms with E-state index in [9.17, 15) is 0 Å². The summed E-state index contributed by atoms with van der Waals surface area (Å²) in [7, 11) is 0. The van der Waals surface area contributed by atoms with Crippen molar-refractivity contribution in [1.82, 2.24) is 4.98 Å². The lowest BCUT2D eigenvalue weighted by atomic mass is 10.1. The Balaban J connectivity index is 2.34. The highest BCUT2D eigenvalue weighted by Crippen LogP contribution is 2.27. The second kappa shape index (κ2) is 5.67. The van der Waals surface area contributed by atoms with Crippen molar-refractivity contribution < 1.29 is 0 Å². The first kappa shape index (κ1) is 14.0. The van der Waals surface area contributed by atoms with Gasteiger partial charge in [0.2, 0.25) is 0 Å². The van der Waals surface area contributed by atoms with E-state index < -0.39 is 0 Å². The van der Waals surface area contributed by atoms with Gasteiger partial charge in [0.15, 0.2) is 5.13 Å². The van der Waals surface area contributed by atoms with Crippen LogP contribution in [0.15, 0.2) is 18.2 Å². The van der Waals surface area contributed by atoms with Gasteiger partial charge in [-0.15, -0.1) is 11.3 Å². The van der Waals surface area contributed by atoms with Crippen molar-refractivity contribution in [3.05, 3.63) is 39.9 Å². The van der Waals surface area contributed by atoms with Gasteiger partial charge >= 0.3 is 0 Å². The zero-order chi connectivity index (χ0) is 14.0. The minimum Gasteiger partial charge on any atom is -0.389 e. The smallest absolute Gasteiger partial charge is 0.187 e. The maximum atomic E-state index is 5.77. The summed E-state index contributed by atoms with van der Waals surface area (Å²) in [5.41, 5.74) is 9.82. The third-order valence-corrected chi connectivity index (χ3v) is 4.06. The quantitative estimate of drug-likeness (QED) is 0.843. The molecule has 0 aliphatic heterocycles. The van der Waals surface area contributed by atoms with E-state index in [1.54, 1.807) is 11.3 Å². The van der Waals surface area contributed by atoms with Crippen molar-refractivity contribution in [2.24, 2.45) is 5.73 Å². The highest BCUT2D eigenvalue weighted by atomic mass is 32.1. The number of hydrogen-bond donors (Lipinski definition) is 2. The number of nitrogens with two attached hydrogens (primary N) is 1. The summed E-state index contributed by atoms with van der Waals surface area (Å²) >= 11 is 6.75. The van der Waals surface area contributed by atoms with Crippen LogP contribution in [0.2, 0.25) is 0 Å². The monoisotopic (exact) mass is 291 g/mol. The van der Waals surface area contributed by atoms with E-state index in [0.717, 1.165) is 34.1 Å².